The lowest BCUT2D eigenvalue weighted by Crippen LogP contribution is -2.48. The van der Waals surface area contributed by atoms with Crippen LogP contribution in [0.25, 0.3) is 11.0 Å². The number of carbonyl (C=O) groups excluding carboxylic acids is 3. The van der Waals surface area contributed by atoms with Crippen LogP contribution in [0.1, 0.15) is 86.7 Å². The maximum absolute atomic E-state index is 14.3. The third-order valence-electron chi connectivity index (χ3n) is 12.0. The highest BCUT2D eigenvalue weighted by Gasteiger charge is 2.47. The normalized spacial score (nSPS) is 28.5. The van der Waals surface area contributed by atoms with Gasteiger partial charge in [0.05, 0.1) is 32.0 Å². The number of halogens is 1. The van der Waals surface area contributed by atoms with Crippen molar-refractivity contribution in [1.82, 2.24) is 9.80 Å². The number of alkyl halides is 1. The number of benzene rings is 1. The Labute approximate surface area is 295 Å². The monoisotopic (exact) mass is 697 g/mol. The minimum Gasteiger partial charge on any atom is -0.460 e. The van der Waals surface area contributed by atoms with Gasteiger partial charge >= 0.3 is 5.97 Å². The molecule has 50 heavy (non-hydrogen) atoms. The summed E-state index contributed by atoms with van der Waals surface area (Å²) < 4.78 is 35.6. The summed E-state index contributed by atoms with van der Waals surface area (Å²) in [6, 6.07) is 6.34. The second kappa shape index (κ2) is 17.6. The number of methoxy groups -OCH3 is 1. The molecule has 4 aliphatic rings. The van der Waals surface area contributed by atoms with E-state index in [1.165, 1.54) is 0 Å². The number of carbonyl (C=O) groups is 3. The Morgan fingerprint density at radius 2 is 1.72 bits per heavy atom. The zero-order valence-electron chi connectivity index (χ0n) is 29.7. The third kappa shape index (κ3) is 8.95. The molecule has 2 aliphatic heterocycles. The first-order valence-corrected chi connectivity index (χ1v) is 19.0. The number of likely N-dealkylation sites (tertiary alicyclic amines) is 1. The number of ketones is 1. The molecule has 6 rings (SSSR count). The van der Waals surface area contributed by atoms with E-state index in [0.29, 0.717) is 37.5 Å². The zero-order chi connectivity index (χ0) is 35.0. The minimum atomic E-state index is -0.537. The molecule has 0 bridgehead atoms. The number of furan rings is 1. The molecule has 4 fully saturated rings. The van der Waals surface area contributed by atoms with Gasteiger partial charge < -0.3 is 29.3 Å². The summed E-state index contributed by atoms with van der Waals surface area (Å²) in [5.41, 5.74) is 7.38. The van der Waals surface area contributed by atoms with Crippen LogP contribution >= 0.6 is 0 Å². The number of unbranched alkanes of at least 4 members (excludes halogenated alkanes) is 1. The highest BCUT2D eigenvalue weighted by molar-refractivity contribution is 5.94. The lowest BCUT2D eigenvalue weighted by atomic mass is 9.74. The third-order valence-corrected chi connectivity index (χ3v) is 12.0. The molecule has 1 aromatic carbocycles. The van der Waals surface area contributed by atoms with Crippen molar-refractivity contribution < 1.29 is 37.4 Å². The molecule has 10 nitrogen and oxygen atoms in total. The molecule has 0 spiro atoms. The molecular weight excluding hydrogens is 641 g/mol. The lowest BCUT2D eigenvalue weighted by Gasteiger charge is -2.37. The average Bonchev–Trinajstić information content (AvgIpc) is 3.80. The summed E-state index contributed by atoms with van der Waals surface area (Å²) in [7, 11) is 1.76. The van der Waals surface area contributed by atoms with Crippen LogP contribution in [0.3, 0.4) is 0 Å². The fourth-order valence-corrected chi connectivity index (χ4v) is 8.98. The largest absolute Gasteiger partial charge is 0.460 e. The quantitative estimate of drug-likeness (QED) is 0.206. The SMILES string of the molecule is COC1CCC([C@@H]2CCN(C(=O)C3CCC([C@H](N)CF)CC3)[C@@H]2C(=O)Cc2ccc3oc(C(=O)OCCCCN4CCOCC4)cc3c2)CC1. The molecule has 2 saturated carbocycles. The van der Waals surface area contributed by atoms with Crippen LogP contribution in [0.15, 0.2) is 28.7 Å². The summed E-state index contributed by atoms with van der Waals surface area (Å²) in [5.74, 6) is 0.233. The van der Waals surface area contributed by atoms with Crippen molar-refractivity contribution in [1.29, 1.82) is 0 Å². The molecule has 11 heteroatoms. The summed E-state index contributed by atoms with van der Waals surface area (Å²) >= 11 is 0. The van der Waals surface area contributed by atoms with Gasteiger partial charge in [-0.15, -0.1) is 0 Å². The Morgan fingerprint density at radius 1 is 0.960 bits per heavy atom. The van der Waals surface area contributed by atoms with Gasteiger partial charge in [-0.05, 0) is 119 Å². The van der Waals surface area contributed by atoms with Crippen molar-refractivity contribution in [2.24, 2.45) is 29.4 Å². The van der Waals surface area contributed by atoms with Crippen LogP contribution in [-0.4, -0.2) is 105 Å². The van der Waals surface area contributed by atoms with E-state index < -0.39 is 24.7 Å². The molecule has 0 radical (unpaired) electrons. The van der Waals surface area contributed by atoms with Gasteiger partial charge in [-0.2, -0.15) is 0 Å². The fourth-order valence-electron chi connectivity index (χ4n) is 8.98. The van der Waals surface area contributed by atoms with Gasteiger partial charge in [0.25, 0.3) is 0 Å². The number of morpholine rings is 1. The van der Waals surface area contributed by atoms with Crippen LogP contribution in [0.2, 0.25) is 0 Å². The van der Waals surface area contributed by atoms with E-state index in [-0.39, 0.29) is 47.7 Å². The summed E-state index contributed by atoms with van der Waals surface area (Å²) in [6.45, 7) is 4.78. The molecule has 3 heterocycles. The van der Waals surface area contributed by atoms with Crippen LogP contribution in [-0.2, 0) is 30.2 Å². The number of hydrogen-bond acceptors (Lipinski definition) is 9. The molecule has 2 aromatic rings. The highest BCUT2D eigenvalue weighted by Crippen LogP contribution is 2.42. The van der Waals surface area contributed by atoms with Crippen LogP contribution in [0.5, 0.6) is 0 Å². The van der Waals surface area contributed by atoms with Crippen molar-refractivity contribution in [2.45, 2.75) is 95.2 Å². The van der Waals surface area contributed by atoms with E-state index in [1.54, 1.807) is 19.2 Å². The average molecular weight is 698 g/mol. The summed E-state index contributed by atoms with van der Waals surface area (Å²) in [6.07, 6.45) is 9.80. The second-order valence-electron chi connectivity index (χ2n) is 15.1. The van der Waals surface area contributed by atoms with Crippen molar-refractivity contribution in [2.75, 3.05) is 59.8 Å². The molecule has 1 amide bonds. The van der Waals surface area contributed by atoms with Gasteiger partial charge in [-0.1, -0.05) is 6.07 Å². The first-order valence-electron chi connectivity index (χ1n) is 19.0. The standard InChI is InChI=1S/C39H56FN3O7/c1-47-31-11-9-27(10-12-31)32-14-16-43(38(45)29-7-5-28(6-8-29)33(41)25-40)37(32)34(44)23-26-4-13-35-30(22-26)24-36(50-35)39(46)49-19-3-2-15-42-17-20-48-21-18-42/h4,13,22,24,27-29,31-33,37H,2-3,5-12,14-21,23,25,41H2,1H3/t27?,28?,29?,31?,32-,33+,37-/m0/s1. The van der Waals surface area contributed by atoms with Gasteiger partial charge in [-0.25, -0.2) is 9.18 Å². The van der Waals surface area contributed by atoms with Crippen LogP contribution < -0.4 is 5.73 Å². The Bertz CT molecular complexity index is 1430. The van der Waals surface area contributed by atoms with Gasteiger partial charge in [0.2, 0.25) is 11.7 Å². The van der Waals surface area contributed by atoms with E-state index >= 15 is 0 Å². The molecule has 0 unspecified atom stereocenters. The minimum absolute atomic E-state index is 0.0578. The van der Waals surface area contributed by atoms with E-state index in [2.05, 4.69) is 4.90 Å². The van der Waals surface area contributed by atoms with Gasteiger partial charge in [-0.3, -0.25) is 14.5 Å². The smallest absolute Gasteiger partial charge is 0.374 e. The predicted molar refractivity (Wildman–Crippen MR) is 187 cm³/mol. The topological polar surface area (TPSA) is 125 Å². The number of Topliss-reactive ketones (excluding diaryl/α,β-unsaturated/α-hetero) is 1. The maximum Gasteiger partial charge on any atom is 0.374 e. The molecule has 3 atom stereocenters. The summed E-state index contributed by atoms with van der Waals surface area (Å²) in [4.78, 5) is 45.4. The van der Waals surface area contributed by atoms with E-state index in [4.69, 9.17) is 24.4 Å². The number of nitrogens with two attached hydrogens (primary N) is 1. The fraction of sp³-hybridized carbons (Fsp3) is 0.718. The van der Waals surface area contributed by atoms with Gasteiger partial charge in [0.1, 0.15) is 12.3 Å². The summed E-state index contributed by atoms with van der Waals surface area (Å²) in [5, 5.41) is 0.742. The Kier molecular flexibility index (Phi) is 13.0. The zero-order valence-corrected chi connectivity index (χ0v) is 29.7. The number of esters is 1. The van der Waals surface area contributed by atoms with Crippen LogP contribution in [0.4, 0.5) is 4.39 Å². The number of nitrogens with zero attached hydrogens (tertiary/aromatic N) is 2. The lowest BCUT2D eigenvalue weighted by molar-refractivity contribution is -0.143. The molecule has 1 aromatic heterocycles. The molecule has 2 aliphatic carbocycles. The Balaban J connectivity index is 1.09. The maximum atomic E-state index is 14.3. The van der Waals surface area contributed by atoms with Crippen molar-refractivity contribution in [3.05, 3.63) is 35.6 Å². The Morgan fingerprint density at radius 3 is 2.44 bits per heavy atom. The number of amides is 1. The van der Waals surface area contributed by atoms with Crippen molar-refractivity contribution in [3.8, 4) is 0 Å². The van der Waals surface area contributed by atoms with Crippen molar-refractivity contribution >= 4 is 28.6 Å². The molecule has 2 N–H and O–H groups in total. The number of rotatable bonds is 14. The molecular formula is C39H56FN3O7. The second-order valence-corrected chi connectivity index (χ2v) is 15.1. The van der Waals surface area contributed by atoms with Gasteiger partial charge in [0.15, 0.2) is 5.78 Å². The predicted octanol–water partition coefficient (Wildman–Crippen LogP) is 5.34. The molecule has 2 saturated heterocycles. The highest BCUT2D eigenvalue weighted by atomic mass is 19.1. The molecule has 276 valence electrons. The van der Waals surface area contributed by atoms with Gasteiger partial charge in [0, 0.05) is 50.5 Å². The van der Waals surface area contributed by atoms with E-state index in [1.807, 2.05) is 17.0 Å². The number of fused-ring (bicyclic) bond motifs is 1. The van der Waals surface area contributed by atoms with E-state index in [9.17, 15) is 18.8 Å². The van der Waals surface area contributed by atoms with Crippen LogP contribution in [0, 0.1) is 23.7 Å². The first-order chi connectivity index (χ1) is 24.3. The Hall–Kier alpha value is -2.86. The number of hydrogen-bond donors (Lipinski definition) is 1. The first kappa shape index (κ1) is 36.9. The van der Waals surface area contributed by atoms with E-state index in [0.717, 1.165) is 102 Å². The number of ether oxygens (including phenoxy) is 3. The van der Waals surface area contributed by atoms with Crippen molar-refractivity contribution in [3.63, 3.8) is 0 Å².